The lowest BCUT2D eigenvalue weighted by molar-refractivity contribution is 0.0231. The van der Waals surface area contributed by atoms with E-state index < -0.39 is 0 Å². The van der Waals surface area contributed by atoms with Crippen LogP contribution in [-0.2, 0) is 4.74 Å². The van der Waals surface area contributed by atoms with Crippen molar-refractivity contribution in [3.8, 4) is 0 Å². The van der Waals surface area contributed by atoms with E-state index in [4.69, 9.17) is 4.74 Å². The Balaban J connectivity index is 2.29. The normalized spacial score (nSPS) is 30.9. The first kappa shape index (κ1) is 7.98. The molecule has 0 amide bonds. The SMILES string of the molecule is CNC[C@@H]1COC(C)(C)N1. The molecular formula is C7H16N2O. The zero-order valence-electron chi connectivity index (χ0n) is 6.90. The molecule has 1 atom stereocenters. The summed E-state index contributed by atoms with van der Waals surface area (Å²) in [4.78, 5) is 0. The molecule has 0 aromatic rings. The third-order valence-corrected chi connectivity index (χ3v) is 1.65. The fourth-order valence-electron chi connectivity index (χ4n) is 1.24. The highest BCUT2D eigenvalue weighted by Crippen LogP contribution is 2.13. The van der Waals surface area contributed by atoms with Crippen LogP contribution >= 0.6 is 0 Å². The van der Waals surface area contributed by atoms with Crippen molar-refractivity contribution in [2.24, 2.45) is 0 Å². The van der Waals surface area contributed by atoms with Gasteiger partial charge in [-0.2, -0.15) is 0 Å². The number of nitrogens with one attached hydrogen (secondary N) is 2. The van der Waals surface area contributed by atoms with Gasteiger partial charge in [-0.15, -0.1) is 0 Å². The second kappa shape index (κ2) is 2.86. The van der Waals surface area contributed by atoms with Gasteiger partial charge in [0.15, 0.2) is 0 Å². The Morgan fingerprint density at radius 1 is 1.70 bits per heavy atom. The first-order valence-corrected chi connectivity index (χ1v) is 3.70. The molecule has 60 valence electrons. The summed E-state index contributed by atoms with van der Waals surface area (Å²) in [6, 6.07) is 0.472. The highest BCUT2D eigenvalue weighted by Gasteiger charge is 2.29. The standard InChI is InChI=1S/C7H16N2O/c1-7(2)9-6(4-8-3)5-10-7/h6,8-9H,4-5H2,1-3H3/t6-/m1/s1. The van der Waals surface area contributed by atoms with Gasteiger partial charge in [-0.25, -0.2) is 0 Å². The average Bonchev–Trinajstić information content (AvgIpc) is 2.12. The van der Waals surface area contributed by atoms with Gasteiger partial charge in [-0.1, -0.05) is 0 Å². The van der Waals surface area contributed by atoms with Gasteiger partial charge in [0, 0.05) is 12.6 Å². The molecule has 1 aliphatic heterocycles. The van der Waals surface area contributed by atoms with Crippen LogP contribution in [0.2, 0.25) is 0 Å². The van der Waals surface area contributed by atoms with Crippen LogP contribution in [0.15, 0.2) is 0 Å². The van der Waals surface area contributed by atoms with E-state index in [1.54, 1.807) is 0 Å². The van der Waals surface area contributed by atoms with E-state index in [0.29, 0.717) is 6.04 Å². The third-order valence-electron chi connectivity index (χ3n) is 1.65. The largest absolute Gasteiger partial charge is 0.360 e. The van der Waals surface area contributed by atoms with Crippen LogP contribution in [0.25, 0.3) is 0 Å². The van der Waals surface area contributed by atoms with E-state index in [-0.39, 0.29) is 5.72 Å². The van der Waals surface area contributed by atoms with Gasteiger partial charge in [0.25, 0.3) is 0 Å². The molecule has 1 fully saturated rings. The molecule has 10 heavy (non-hydrogen) atoms. The molecule has 0 saturated carbocycles. The number of hydrogen-bond acceptors (Lipinski definition) is 3. The van der Waals surface area contributed by atoms with E-state index in [9.17, 15) is 0 Å². The molecule has 1 heterocycles. The topological polar surface area (TPSA) is 33.3 Å². The third kappa shape index (κ3) is 1.94. The first-order valence-electron chi connectivity index (χ1n) is 3.70. The molecule has 1 rings (SSSR count). The van der Waals surface area contributed by atoms with E-state index in [0.717, 1.165) is 13.2 Å². The van der Waals surface area contributed by atoms with Crippen molar-refractivity contribution in [3.63, 3.8) is 0 Å². The van der Waals surface area contributed by atoms with Crippen LogP contribution in [0.3, 0.4) is 0 Å². The maximum Gasteiger partial charge on any atom is 0.113 e. The Morgan fingerprint density at radius 3 is 2.80 bits per heavy atom. The Kier molecular flexibility index (Phi) is 2.28. The summed E-state index contributed by atoms with van der Waals surface area (Å²) < 4.78 is 5.45. The van der Waals surface area contributed by atoms with Gasteiger partial charge >= 0.3 is 0 Å². The summed E-state index contributed by atoms with van der Waals surface area (Å²) >= 11 is 0. The molecule has 3 heteroatoms. The van der Waals surface area contributed by atoms with Crippen LogP contribution < -0.4 is 10.6 Å². The lowest BCUT2D eigenvalue weighted by Crippen LogP contribution is -2.42. The average molecular weight is 144 g/mol. The molecule has 1 aliphatic rings. The maximum absolute atomic E-state index is 5.45. The molecule has 0 bridgehead atoms. The number of likely N-dealkylation sites (N-methyl/N-ethyl adjacent to an activating group) is 1. The van der Waals surface area contributed by atoms with Crippen molar-refractivity contribution in [2.45, 2.75) is 25.6 Å². The van der Waals surface area contributed by atoms with Crippen molar-refractivity contribution in [1.29, 1.82) is 0 Å². The highest BCUT2D eigenvalue weighted by molar-refractivity contribution is 4.82. The summed E-state index contributed by atoms with van der Waals surface area (Å²) in [7, 11) is 1.95. The highest BCUT2D eigenvalue weighted by atomic mass is 16.5. The predicted molar refractivity (Wildman–Crippen MR) is 40.9 cm³/mol. The summed E-state index contributed by atoms with van der Waals surface area (Å²) in [5, 5.41) is 6.45. The molecule has 0 spiro atoms. The molecule has 0 aromatic carbocycles. The molecular weight excluding hydrogens is 128 g/mol. The molecule has 1 saturated heterocycles. The smallest absolute Gasteiger partial charge is 0.113 e. The minimum atomic E-state index is -0.123. The minimum absolute atomic E-state index is 0.123. The molecule has 0 aliphatic carbocycles. The fraction of sp³-hybridized carbons (Fsp3) is 1.00. The van der Waals surface area contributed by atoms with Crippen LogP contribution in [0.4, 0.5) is 0 Å². The Labute approximate surface area is 62.1 Å². The van der Waals surface area contributed by atoms with Crippen LogP contribution in [0.1, 0.15) is 13.8 Å². The number of rotatable bonds is 2. The van der Waals surface area contributed by atoms with E-state index in [1.165, 1.54) is 0 Å². The van der Waals surface area contributed by atoms with E-state index in [2.05, 4.69) is 10.6 Å². The van der Waals surface area contributed by atoms with Gasteiger partial charge in [0.05, 0.1) is 6.61 Å². The van der Waals surface area contributed by atoms with Crippen molar-refractivity contribution in [1.82, 2.24) is 10.6 Å². The molecule has 0 unspecified atom stereocenters. The Hall–Kier alpha value is -0.120. The van der Waals surface area contributed by atoms with Crippen LogP contribution in [0.5, 0.6) is 0 Å². The van der Waals surface area contributed by atoms with Gasteiger partial charge in [-0.3, -0.25) is 5.32 Å². The quantitative estimate of drug-likeness (QED) is 0.569. The summed E-state index contributed by atoms with van der Waals surface area (Å²) in [5.41, 5.74) is -0.123. The first-order chi connectivity index (χ1) is 4.64. The van der Waals surface area contributed by atoms with Crippen molar-refractivity contribution in [3.05, 3.63) is 0 Å². The number of ether oxygens (including phenoxy) is 1. The molecule has 0 radical (unpaired) electrons. The van der Waals surface area contributed by atoms with Crippen LogP contribution in [-0.4, -0.2) is 32.0 Å². The summed E-state index contributed by atoms with van der Waals surface area (Å²) in [6.45, 7) is 5.88. The maximum atomic E-state index is 5.45. The summed E-state index contributed by atoms with van der Waals surface area (Å²) in [5.74, 6) is 0. The van der Waals surface area contributed by atoms with Crippen LogP contribution in [0, 0.1) is 0 Å². The van der Waals surface area contributed by atoms with Crippen molar-refractivity contribution >= 4 is 0 Å². The lowest BCUT2D eigenvalue weighted by atomic mass is 10.3. The molecule has 2 N–H and O–H groups in total. The second-order valence-electron chi connectivity index (χ2n) is 3.22. The van der Waals surface area contributed by atoms with Gasteiger partial charge in [-0.05, 0) is 20.9 Å². The molecule has 0 aromatic heterocycles. The monoisotopic (exact) mass is 144 g/mol. The van der Waals surface area contributed by atoms with E-state index in [1.807, 2.05) is 20.9 Å². The Bertz CT molecular complexity index is 114. The predicted octanol–water partition coefficient (Wildman–Crippen LogP) is -0.0697. The minimum Gasteiger partial charge on any atom is -0.360 e. The van der Waals surface area contributed by atoms with E-state index >= 15 is 0 Å². The van der Waals surface area contributed by atoms with Crippen molar-refractivity contribution < 1.29 is 4.74 Å². The number of hydrogen-bond donors (Lipinski definition) is 2. The van der Waals surface area contributed by atoms with Gasteiger partial charge in [0.1, 0.15) is 5.72 Å². The lowest BCUT2D eigenvalue weighted by Gasteiger charge is -2.17. The van der Waals surface area contributed by atoms with Crippen molar-refractivity contribution in [2.75, 3.05) is 20.2 Å². The zero-order chi connectivity index (χ0) is 7.61. The zero-order valence-corrected chi connectivity index (χ0v) is 6.90. The van der Waals surface area contributed by atoms with Gasteiger partial charge < -0.3 is 10.1 Å². The summed E-state index contributed by atoms with van der Waals surface area (Å²) in [6.07, 6.45) is 0. The Morgan fingerprint density at radius 2 is 2.40 bits per heavy atom. The molecule has 3 nitrogen and oxygen atoms in total. The fourth-order valence-corrected chi connectivity index (χ4v) is 1.24. The second-order valence-corrected chi connectivity index (χ2v) is 3.22. The van der Waals surface area contributed by atoms with Gasteiger partial charge in [0.2, 0.25) is 0 Å².